The van der Waals surface area contributed by atoms with Gasteiger partial charge in [-0.2, -0.15) is 0 Å². The smallest absolute Gasteiger partial charge is 0.313 e. The Morgan fingerprint density at radius 1 is 1.27 bits per heavy atom. The molecular weight excluding hydrogens is 282 g/mol. The van der Waals surface area contributed by atoms with Crippen LogP contribution < -0.4 is 11.1 Å². The van der Waals surface area contributed by atoms with Crippen molar-refractivity contribution in [3.05, 3.63) is 29.8 Å². The number of nitrogens with two attached hydrogens (primary N) is 1. The third-order valence-corrected chi connectivity index (χ3v) is 4.04. The Bertz CT molecular complexity index is 617. The molecule has 1 aliphatic carbocycles. The van der Waals surface area contributed by atoms with Crippen molar-refractivity contribution in [2.75, 3.05) is 12.4 Å². The third kappa shape index (κ3) is 3.44. The van der Waals surface area contributed by atoms with E-state index in [4.69, 9.17) is 5.73 Å². The Hall–Kier alpha value is -2.37. The van der Waals surface area contributed by atoms with Crippen LogP contribution in [0.25, 0.3) is 0 Å². The fourth-order valence-corrected chi connectivity index (χ4v) is 2.75. The van der Waals surface area contributed by atoms with E-state index < -0.39 is 17.7 Å². The number of carbonyl (C=O) groups excluding carboxylic acids is 3. The third-order valence-electron chi connectivity index (χ3n) is 4.04. The molecule has 22 heavy (non-hydrogen) atoms. The van der Waals surface area contributed by atoms with Crippen LogP contribution in [0.3, 0.4) is 0 Å². The number of rotatable bonds is 3. The number of hydrogen-bond acceptors (Lipinski definition) is 3. The molecule has 2 rings (SSSR count). The van der Waals surface area contributed by atoms with Crippen LogP contribution in [-0.2, 0) is 9.59 Å². The van der Waals surface area contributed by atoms with Gasteiger partial charge in [-0.05, 0) is 36.5 Å². The molecular formula is C16H21N3O3. The highest BCUT2D eigenvalue weighted by atomic mass is 16.2. The maximum absolute atomic E-state index is 12.1. The van der Waals surface area contributed by atoms with Crippen molar-refractivity contribution in [2.45, 2.75) is 32.7 Å². The van der Waals surface area contributed by atoms with Gasteiger partial charge in [-0.15, -0.1) is 0 Å². The van der Waals surface area contributed by atoms with Crippen LogP contribution in [0.4, 0.5) is 5.69 Å². The maximum Gasteiger partial charge on any atom is 0.313 e. The quantitative estimate of drug-likeness (QED) is 0.826. The van der Waals surface area contributed by atoms with Gasteiger partial charge < -0.3 is 16.0 Å². The van der Waals surface area contributed by atoms with Crippen molar-refractivity contribution in [1.82, 2.24) is 4.90 Å². The van der Waals surface area contributed by atoms with E-state index in [-0.39, 0.29) is 17.0 Å². The molecule has 0 bridgehead atoms. The minimum absolute atomic E-state index is 0.102. The van der Waals surface area contributed by atoms with Gasteiger partial charge >= 0.3 is 11.8 Å². The van der Waals surface area contributed by atoms with Gasteiger partial charge in [-0.3, -0.25) is 14.4 Å². The van der Waals surface area contributed by atoms with Crippen molar-refractivity contribution < 1.29 is 14.4 Å². The second-order valence-electron chi connectivity index (χ2n) is 6.54. The predicted molar refractivity (Wildman–Crippen MR) is 83.2 cm³/mol. The minimum atomic E-state index is -0.714. The van der Waals surface area contributed by atoms with Gasteiger partial charge in [0.05, 0.1) is 0 Å². The number of benzene rings is 1. The molecule has 0 radical (unpaired) electrons. The van der Waals surface area contributed by atoms with Crippen LogP contribution in [0.5, 0.6) is 0 Å². The summed E-state index contributed by atoms with van der Waals surface area (Å²) in [6.07, 6.45) is 1.78. The highest BCUT2D eigenvalue weighted by Gasteiger charge is 2.40. The molecule has 1 aliphatic rings. The number of primary amides is 1. The van der Waals surface area contributed by atoms with Crippen molar-refractivity contribution in [2.24, 2.45) is 11.1 Å². The number of hydrogen-bond donors (Lipinski definition) is 2. The first-order chi connectivity index (χ1) is 10.2. The van der Waals surface area contributed by atoms with Gasteiger partial charge in [0.25, 0.3) is 0 Å². The summed E-state index contributed by atoms with van der Waals surface area (Å²) in [7, 11) is 1.64. The zero-order valence-electron chi connectivity index (χ0n) is 13.1. The summed E-state index contributed by atoms with van der Waals surface area (Å²) in [5.41, 5.74) is 6.06. The fraction of sp³-hybridized carbons (Fsp3) is 0.438. The minimum Gasteiger partial charge on any atom is -0.366 e. The molecule has 3 N–H and O–H groups in total. The van der Waals surface area contributed by atoms with Gasteiger partial charge in [0.15, 0.2) is 0 Å². The molecule has 1 fully saturated rings. The van der Waals surface area contributed by atoms with E-state index in [2.05, 4.69) is 19.2 Å². The number of nitrogens with one attached hydrogen (secondary N) is 1. The number of carbonyl (C=O) groups is 3. The summed E-state index contributed by atoms with van der Waals surface area (Å²) < 4.78 is 0. The molecule has 0 spiro atoms. The Morgan fingerprint density at radius 2 is 1.91 bits per heavy atom. The topological polar surface area (TPSA) is 92.5 Å². The van der Waals surface area contributed by atoms with Crippen LogP contribution in [0.1, 0.15) is 37.0 Å². The van der Waals surface area contributed by atoms with Crippen molar-refractivity contribution in [3.8, 4) is 0 Å². The van der Waals surface area contributed by atoms with Crippen LogP contribution >= 0.6 is 0 Å². The Kier molecular flexibility index (Phi) is 4.21. The van der Waals surface area contributed by atoms with Gasteiger partial charge in [-0.1, -0.05) is 19.9 Å². The summed E-state index contributed by atoms with van der Waals surface area (Å²) in [4.78, 5) is 36.8. The SMILES string of the molecule is CN(C(=O)C(=O)Nc1cccc(C(N)=O)c1)C1CC(C)(C)C1. The summed E-state index contributed by atoms with van der Waals surface area (Å²) in [6.45, 7) is 4.27. The van der Waals surface area contributed by atoms with Crippen molar-refractivity contribution in [3.63, 3.8) is 0 Å². The van der Waals surface area contributed by atoms with Gasteiger partial charge in [0, 0.05) is 24.3 Å². The standard InChI is InChI=1S/C16H21N3O3/c1-16(2)8-12(9-16)19(3)15(22)14(21)18-11-6-4-5-10(7-11)13(17)20/h4-7,12H,8-9H2,1-3H3,(H2,17,20)(H,18,21). The fourth-order valence-electron chi connectivity index (χ4n) is 2.75. The van der Waals surface area contributed by atoms with Crippen LogP contribution in [0, 0.1) is 5.41 Å². The molecule has 0 aromatic heterocycles. The summed E-state index contributed by atoms with van der Waals surface area (Å²) in [5.74, 6) is -1.88. The van der Waals surface area contributed by atoms with E-state index >= 15 is 0 Å². The van der Waals surface area contributed by atoms with E-state index in [0.29, 0.717) is 5.69 Å². The average molecular weight is 303 g/mol. The van der Waals surface area contributed by atoms with E-state index in [1.807, 2.05) is 0 Å². The van der Waals surface area contributed by atoms with E-state index in [0.717, 1.165) is 12.8 Å². The molecule has 0 unspecified atom stereocenters. The van der Waals surface area contributed by atoms with Crippen molar-refractivity contribution >= 4 is 23.4 Å². The molecule has 0 atom stereocenters. The number of likely N-dealkylation sites (N-methyl/N-ethyl adjacent to an activating group) is 1. The van der Waals surface area contributed by atoms with Crippen LogP contribution in [0.15, 0.2) is 24.3 Å². The lowest BCUT2D eigenvalue weighted by molar-refractivity contribution is -0.146. The summed E-state index contributed by atoms with van der Waals surface area (Å²) in [6, 6.07) is 6.29. The molecule has 1 aromatic rings. The average Bonchev–Trinajstić information content (AvgIpc) is 2.43. The molecule has 6 heteroatoms. The number of nitrogens with zero attached hydrogens (tertiary/aromatic N) is 1. The van der Waals surface area contributed by atoms with Crippen LogP contribution in [-0.4, -0.2) is 35.7 Å². The zero-order chi connectivity index (χ0) is 16.5. The second-order valence-corrected chi connectivity index (χ2v) is 6.54. The second kappa shape index (κ2) is 5.79. The first kappa shape index (κ1) is 16.0. The lowest BCUT2D eigenvalue weighted by Gasteiger charge is -2.46. The lowest BCUT2D eigenvalue weighted by Crippen LogP contribution is -2.51. The maximum atomic E-state index is 12.1. The lowest BCUT2D eigenvalue weighted by atomic mass is 9.68. The molecule has 1 aromatic carbocycles. The number of amides is 3. The first-order valence-electron chi connectivity index (χ1n) is 7.18. The summed E-state index contributed by atoms with van der Waals surface area (Å²) >= 11 is 0. The summed E-state index contributed by atoms with van der Waals surface area (Å²) in [5, 5.41) is 2.50. The van der Waals surface area contributed by atoms with Crippen molar-refractivity contribution in [1.29, 1.82) is 0 Å². The molecule has 0 aliphatic heterocycles. The van der Waals surface area contributed by atoms with Crippen LogP contribution in [0.2, 0.25) is 0 Å². The molecule has 0 saturated heterocycles. The Labute approximate surface area is 129 Å². The number of anilines is 1. The Morgan fingerprint density at radius 3 is 2.45 bits per heavy atom. The van der Waals surface area contributed by atoms with E-state index in [9.17, 15) is 14.4 Å². The molecule has 1 saturated carbocycles. The predicted octanol–water partition coefficient (Wildman–Crippen LogP) is 1.37. The first-order valence-corrected chi connectivity index (χ1v) is 7.18. The molecule has 0 heterocycles. The molecule has 6 nitrogen and oxygen atoms in total. The van der Waals surface area contributed by atoms with Gasteiger partial charge in [0.2, 0.25) is 5.91 Å². The monoisotopic (exact) mass is 303 g/mol. The highest BCUT2D eigenvalue weighted by Crippen LogP contribution is 2.42. The van der Waals surface area contributed by atoms with E-state index in [1.165, 1.54) is 11.0 Å². The Balaban J connectivity index is 1.98. The normalized spacial score (nSPS) is 16.5. The van der Waals surface area contributed by atoms with Gasteiger partial charge in [0.1, 0.15) is 0 Å². The molecule has 118 valence electrons. The zero-order valence-corrected chi connectivity index (χ0v) is 13.1. The van der Waals surface area contributed by atoms with E-state index in [1.54, 1.807) is 25.2 Å². The largest absolute Gasteiger partial charge is 0.366 e. The molecule has 3 amide bonds. The van der Waals surface area contributed by atoms with Gasteiger partial charge in [-0.25, -0.2) is 0 Å². The highest BCUT2D eigenvalue weighted by molar-refractivity contribution is 6.39.